The molecule has 3 rings (SSSR count). The van der Waals surface area contributed by atoms with Crippen molar-refractivity contribution in [3.8, 4) is 0 Å². The van der Waals surface area contributed by atoms with Crippen molar-refractivity contribution in [3.63, 3.8) is 0 Å². The average molecular weight is 393 g/mol. The Hall–Kier alpha value is -1.79. The van der Waals surface area contributed by atoms with E-state index >= 15 is 0 Å². The van der Waals surface area contributed by atoms with E-state index in [-0.39, 0.29) is 18.0 Å². The molecule has 1 saturated carbocycles. The van der Waals surface area contributed by atoms with Gasteiger partial charge in [0.25, 0.3) is 5.91 Å². The Balaban J connectivity index is 1.50. The highest BCUT2D eigenvalue weighted by molar-refractivity contribution is 6.34. The van der Waals surface area contributed by atoms with Gasteiger partial charge in [0, 0.05) is 30.9 Å². The zero-order chi connectivity index (χ0) is 19.4. The lowest BCUT2D eigenvalue weighted by molar-refractivity contribution is 0.0951. The molecule has 1 aromatic rings. The molecule has 2 atom stereocenters. The summed E-state index contributed by atoms with van der Waals surface area (Å²) >= 11 is 6.14. The molecule has 0 spiro atoms. The van der Waals surface area contributed by atoms with Crippen LogP contribution >= 0.6 is 11.6 Å². The lowest BCUT2D eigenvalue weighted by atomic mass is 9.99. The van der Waals surface area contributed by atoms with Crippen LogP contribution in [0.2, 0.25) is 5.02 Å². The SMILES string of the molecule is CC1CCCN(C(C)CNC(=O)Nc2ccc(Cl)c(C(=O)NC3CC3)c2)C1. The summed E-state index contributed by atoms with van der Waals surface area (Å²) in [6.45, 7) is 7.17. The monoisotopic (exact) mass is 392 g/mol. The summed E-state index contributed by atoms with van der Waals surface area (Å²) in [5.74, 6) is 0.517. The molecule has 1 heterocycles. The topological polar surface area (TPSA) is 73.5 Å². The zero-order valence-corrected chi connectivity index (χ0v) is 16.8. The molecule has 2 unspecified atom stereocenters. The Morgan fingerprint density at radius 1 is 1.30 bits per heavy atom. The Morgan fingerprint density at radius 3 is 2.78 bits per heavy atom. The van der Waals surface area contributed by atoms with Crippen LogP contribution < -0.4 is 16.0 Å². The van der Waals surface area contributed by atoms with Crippen LogP contribution in [-0.2, 0) is 0 Å². The highest BCUT2D eigenvalue weighted by atomic mass is 35.5. The molecule has 2 aliphatic rings. The number of urea groups is 1. The van der Waals surface area contributed by atoms with Gasteiger partial charge in [-0.1, -0.05) is 18.5 Å². The van der Waals surface area contributed by atoms with Gasteiger partial charge in [0.05, 0.1) is 10.6 Å². The normalized spacial score (nSPS) is 21.4. The largest absolute Gasteiger partial charge is 0.349 e. The van der Waals surface area contributed by atoms with Crippen LogP contribution in [-0.4, -0.2) is 48.6 Å². The predicted molar refractivity (Wildman–Crippen MR) is 108 cm³/mol. The maximum atomic E-state index is 12.2. The number of likely N-dealkylation sites (tertiary alicyclic amines) is 1. The number of carbonyl (C=O) groups is 2. The number of nitrogens with zero attached hydrogens (tertiary/aromatic N) is 1. The van der Waals surface area contributed by atoms with E-state index in [4.69, 9.17) is 11.6 Å². The smallest absolute Gasteiger partial charge is 0.319 e. The van der Waals surface area contributed by atoms with E-state index < -0.39 is 0 Å². The van der Waals surface area contributed by atoms with Gasteiger partial charge in [0.2, 0.25) is 0 Å². The third-order valence-electron chi connectivity index (χ3n) is 5.25. The summed E-state index contributed by atoms with van der Waals surface area (Å²) in [6, 6.07) is 5.23. The molecule has 1 aromatic carbocycles. The van der Waals surface area contributed by atoms with Crippen LogP contribution in [0.15, 0.2) is 18.2 Å². The van der Waals surface area contributed by atoms with E-state index in [1.54, 1.807) is 18.2 Å². The molecule has 1 aliphatic carbocycles. The van der Waals surface area contributed by atoms with Crippen LogP contribution in [0.5, 0.6) is 0 Å². The van der Waals surface area contributed by atoms with E-state index in [1.807, 2.05) is 0 Å². The van der Waals surface area contributed by atoms with Gasteiger partial charge in [-0.25, -0.2) is 4.79 Å². The first-order chi connectivity index (χ1) is 12.9. The first-order valence-corrected chi connectivity index (χ1v) is 10.2. The summed E-state index contributed by atoms with van der Waals surface area (Å²) in [5, 5.41) is 9.01. The Labute approximate surface area is 166 Å². The molecule has 6 nitrogen and oxygen atoms in total. The lowest BCUT2D eigenvalue weighted by Gasteiger charge is -2.35. The van der Waals surface area contributed by atoms with E-state index in [0.29, 0.717) is 34.8 Å². The van der Waals surface area contributed by atoms with Crippen LogP contribution in [0.25, 0.3) is 0 Å². The average Bonchev–Trinajstić information content (AvgIpc) is 3.45. The fraction of sp³-hybridized carbons (Fsp3) is 0.600. The van der Waals surface area contributed by atoms with E-state index in [1.165, 1.54) is 12.8 Å². The standard InChI is InChI=1S/C20H29ClN4O2/c1-13-4-3-9-25(12-13)14(2)11-22-20(27)24-16-7-8-18(21)17(10-16)19(26)23-15-5-6-15/h7-8,10,13-15H,3-6,9,11-12H2,1-2H3,(H,23,26)(H2,22,24,27). The number of amides is 3. The Bertz CT molecular complexity index is 693. The highest BCUT2D eigenvalue weighted by Crippen LogP contribution is 2.24. The molecule has 0 radical (unpaired) electrons. The van der Waals surface area contributed by atoms with Crippen molar-refractivity contribution in [3.05, 3.63) is 28.8 Å². The number of hydrogen-bond acceptors (Lipinski definition) is 3. The van der Waals surface area contributed by atoms with Crippen molar-refractivity contribution in [2.45, 2.75) is 51.6 Å². The second kappa shape index (κ2) is 8.93. The zero-order valence-electron chi connectivity index (χ0n) is 16.1. The maximum Gasteiger partial charge on any atom is 0.319 e. The molecule has 7 heteroatoms. The van der Waals surface area contributed by atoms with E-state index in [2.05, 4.69) is 34.7 Å². The second-order valence-electron chi connectivity index (χ2n) is 7.87. The summed E-state index contributed by atoms with van der Waals surface area (Å²) in [7, 11) is 0. The van der Waals surface area contributed by atoms with Crippen molar-refractivity contribution in [1.82, 2.24) is 15.5 Å². The van der Waals surface area contributed by atoms with Crippen LogP contribution in [0.1, 0.15) is 49.9 Å². The van der Waals surface area contributed by atoms with Crippen molar-refractivity contribution in [2.75, 3.05) is 25.0 Å². The summed E-state index contributed by atoms with van der Waals surface area (Å²) in [6.07, 6.45) is 4.52. The molecule has 0 aromatic heterocycles. The highest BCUT2D eigenvalue weighted by Gasteiger charge is 2.25. The van der Waals surface area contributed by atoms with Gasteiger partial charge in [-0.05, 0) is 63.3 Å². The van der Waals surface area contributed by atoms with Gasteiger partial charge >= 0.3 is 6.03 Å². The molecular formula is C20H29ClN4O2. The number of carbonyl (C=O) groups excluding carboxylic acids is 2. The minimum atomic E-state index is -0.275. The summed E-state index contributed by atoms with van der Waals surface area (Å²) in [4.78, 5) is 26.9. The minimum Gasteiger partial charge on any atom is -0.349 e. The number of piperidine rings is 1. The van der Waals surface area contributed by atoms with Crippen LogP contribution in [0.3, 0.4) is 0 Å². The Morgan fingerprint density at radius 2 is 2.07 bits per heavy atom. The fourth-order valence-electron chi connectivity index (χ4n) is 3.44. The number of benzene rings is 1. The molecule has 0 bridgehead atoms. The van der Waals surface area contributed by atoms with Crippen molar-refractivity contribution in [2.24, 2.45) is 5.92 Å². The van der Waals surface area contributed by atoms with Gasteiger partial charge in [0.15, 0.2) is 0 Å². The minimum absolute atomic E-state index is 0.195. The first kappa shape index (κ1) is 20.0. The third kappa shape index (κ3) is 5.84. The predicted octanol–water partition coefficient (Wildman–Crippen LogP) is 3.47. The van der Waals surface area contributed by atoms with Gasteiger partial charge in [0.1, 0.15) is 0 Å². The number of rotatable bonds is 6. The molecule has 3 amide bonds. The second-order valence-corrected chi connectivity index (χ2v) is 8.28. The van der Waals surface area contributed by atoms with Crippen LogP contribution in [0, 0.1) is 5.92 Å². The number of halogens is 1. The molecule has 148 valence electrons. The molecule has 2 fully saturated rings. The van der Waals surface area contributed by atoms with Crippen molar-refractivity contribution in [1.29, 1.82) is 0 Å². The number of anilines is 1. The summed E-state index contributed by atoms with van der Waals surface area (Å²) in [5.41, 5.74) is 0.939. The van der Waals surface area contributed by atoms with Gasteiger partial charge in [-0.15, -0.1) is 0 Å². The molecule has 3 N–H and O–H groups in total. The Kier molecular flexibility index (Phi) is 6.60. The fourth-order valence-corrected chi connectivity index (χ4v) is 3.64. The number of nitrogens with one attached hydrogen (secondary N) is 3. The van der Waals surface area contributed by atoms with Crippen molar-refractivity contribution < 1.29 is 9.59 Å². The number of hydrogen-bond donors (Lipinski definition) is 3. The maximum absolute atomic E-state index is 12.2. The first-order valence-electron chi connectivity index (χ1n) is 9.81. The third-order valence-corrected chi connectivity index (χ3v) is 5.58. The van der Waals surface area contributed by atoms with E-state index in [0.717, 1.165) is 25.9 Å². The molecule has 1 saturated heterocycles. The van der Waals surface area contributed by atoms with E-state index in [9.17, 15) is 9.59 Å². The van der Waals surface area contributed by atoms with Crippen molar-refractivity contribution >= 4 is 29.2 Å². The molecular weight excluding hydrogens is 364 g/mol. The van der Waals surface area contributed by atoms with Gasteiger partial charge in [-0.2, -0.15) is 0 Å². The van der Waals surface area contributed by atoms with Gasteiger partial charge in [-0.3, -0.25) is 9.69 Å². The quantitative estimate of drug-likeness (QED) is 0.694. The molecule has 27 heavy (non-hydrogen) atoms. The summed E-state index contributed by atoms with van der Waals surface area (Å²) < 4.78 is 0. The molecule has 1 aliphatic heterocycles. The lowest BCUT2D eigenvalue weighted by Crippen LogP contribution is -2.47. The van der Waals surface area contributed by atoms with Crippen LogP contribution in [0.4, 0.5) is 10.5 Å². The van der Waals surface area contributed by atoms with Gasteiger partial charge < -0.3 is 16.0 Å².